The fraction of sp³-hybridized carbons (Fsp3) is 0.701. The maximum Gasteiger partial charge on any atom is 0.308 e. The molecule has 3 aliphatic rings. The fourth-order valence-electron chi connectivity index (χ4n) is 15.4. The number of amides is 4. The number of aromatic nitrogens is 2. The molecule has 0 radical (unpaired) electrons. The minimum Gasteiger partial charge on any atom is -0.481 e. The molecule has 4 unspecified atom stereocenters. The lowest BCUT2D eigenvalue weighted by molar-refractivity contribution is -0.146. The van der Waals surface area contributed by atoms with E-state index in [1.807, 2.05) is 84.6 Å². The van der Waals surface area contributed by atoms with Gasteiger partial charge in [0.05, 0.1) is 31.0 Å². The number of carboxylic acid groups (broad SMARTS) is 1. The maximum atomic E-state index is 14.7. The lowest BCUT2D eigenvalue weighted by atomic mass is 9.82. The smallest absolute Gasteiger partial charge is 0.308 e. The van der Waals surface area contributed by atoms with E-state index in [1.54, 1.807) is 38.8 Å². The van der Waals surface area contributed by atoms with Crippen molar-refractivity contribution < 1.29 is 71.9 Å². The SMILES string of the molecule is C1CCOC1.CCCN(C(=O)[C@@H](CC(=O)C1CCCCN1C)C(C)CC)[C@H](C[C@@H](OCOC)c1nc(C(=O)N[C@@H](Cc2ccccc2)C[C@H](C)C(=O)O)cs1)C(C)C.CCCN(C(=O)[C@@H](CC(=O)C1CCCCN1C)C(C)CC)[C@H](C[C@@H](OCOC)c1nc(C(=O)N[C@@H](Cc2ccccc2)C[C@H](C)C(=O)OC)cs1)C(C)C. The zero-order valence-electron chi connectivity index (χ0n) is 70.6. The van der Waals surface area contributed by atoms with Gasteiger partial charge in [-0.1, -0.05) is 169 Å². The highest BCUT2D eigenvalue weighted by molar-refractivity contribution is 7.10. The average molecular weight is 1600 g/mol. The van der Waals surface area contributed by atoms with Gasteiger partial charge in [0.15, 0.2) is 11.6 Å². The van der Waals surface area contributed by atoms with E-state index in [2.05, 4.69) is 89.7 Å². The number of ketones is 2. The summed E-state index contributed by atoms with van der Waals surface area (Å²) in [6.45, 7) is 29.2. The number of aliphatic carboxylic acids is 1. The molecule has 14 atom stereocenters. The Morgan fingerprint density at radius 1 is 0.554 bits per heavy atom. The number of methoxy groups -OCH3 is 3. The Hall–Kier alpha value is -6.42. The zero-order valence-corrected chi connectivity index (χ0v) is 72.3. The van der Waals surface area contributed by atoms with Crippen LogP contribution in [0.15, 0.2) is 71.4 Å². The van der Waals surface area contributed by atoms with Crippen LogP contribution in [0, 0.1) is 47.3 Å². The summed E-state index contributed by atoms with van der Waals surface area (Å²) < 4.78 is 33.0. The van der Waals surface area contributed by atoms with Crippen molar-refractivity contribution >= 4 is 69.8 Å². The van der Waals surface area contributed by atoms with Crippen molar-refractivity contribution in [2.24, 2.45) is 47.3 Å². The Kier molecular flexibility index (Phi) is 44.2. The van der Waals surface area contributed by atoms with Crippen molar-refractivity contribution in [3.8, 4) is 0 Å². The Morgan fingerprint density at radius 3 is 1.27 bits per heavy atom. The van der Waals surface area contributed by atoms with Gasteiger partial charge in [0, 0.05) is 113 Å². The largest absolute Gasteiger partial charge is 0.481 e. The Balaban J connectivity index is 0.000000376. The van der Waals surface area contributed by atoms with E-state index in [0.29, 0.717) is 55.2 Å². The molecule has 3 aliphatic heterocycles. The molecule has 3 saturated heterocycles. The molecule has 0 spiro atoms. The first kappa shape index (κ1) is 96.2. The van der Waals surface area contributed by atoms with E-state index in [4.69, 9.17) is 38.4 Å². The molecular weight excluding hydrogens is 1460 g/mol. The average Bonchev–Trinajstić information content (AvgIpc) is 1.49. The van der Waals surface area contributed by atoms with Gasteiger partial charge in [-0.25, -0.2) is 9.97 Å². The topological polar surface area (TPSA) is 275 Å². The number of esters is 1. The second-order valence-corrected chi connectivity index (χ2v) is 33.7. The number of hydrogen-bond donors (Lipinski definition) is 3. The predicted molar refractivity (Wildman–Crippen MR) is 442 cm³/mol. The molecule has 25 heteroatoms. The lowest BCUT2D eigenvalue weighted by Gasteiger charge is -2.40. The van der Waals surface area contributed by atoms with Crippen molar-refractivity contribution in [2.75, 3.05) is 88.4 Å². The molecule has 112 heavy (non-hydrogen) atoms. The van der Waals surface area contributed by atoms with E-state index < -0.39 is 47.9 Å². The van der Waals surface area contributed by atoms with E-state index in [9.17, 15) is 43.5 Å². The Labute approximate surface area is 677 Å². The standard InChI is InChI=1S/C42H66N4O7S.C41H64N4O7S.C4H8O/c1-10-20-46(41(49)33(29(5)11-2)24-37(47)35-19-15-16-21-45(35)7)36(28(3)4)25-38(53-27-51-8)40-44-34(26-54-40)39(48)43-32(22-30(6)42(50)52-9)23-31-17-13-12-14-18-31;1-9-19-45(40(48)32(28(5)10-2)23-36(46)34-18-14-15-20-44(34)7)35(27(3)4)24-37(52-26-51-8)39-43-33(25-53-39)38(47)42-31(21-29(6)41(49)50)22-30-16-12-11-13-17-30;1-2-4-5-3-1/h12-14,17-18,26,28-30,32-33,35-36,38H,10-11,15-16,19-25,27H2,1-9H3,(H,43,48);11-13,16-17,25,27-29,31-32,34-35,37H,9-10,14-15,18-24,26H2,1-8H3,(H,42,47)(H,49,50);1-4H2/t29?,30-,32+,33-,35?,36+,38+;28?,29-,31+,32-,34?,35+,37+;/m00./s1. The number of ether oxygens (including phenoxy) is 6. The molecule has 0 bridgehead atoms. The van der Waals surface area contributed by atoms with Gasteiger partial charge in [-0.05, 0) is 139 Å². The van der Waals surface area contributed by atoms with Crippen molar-refractivity contribution in [3.05, 3.63) is 104 Å². The monoisotopic (exact) mass is 1600 g/mol. The van der Waals surface area contributed by atoms with Gasteiger partial charge in [0.1, 0.15) is 47.2 Å². The van der Waals surface area contributed by atoms with E-state index in [-0.39, 0.29) is 139 Å². The van der Waals surface area contributed by atoms with Crippen LogP contribution in [0.25, 0.3) is 0 Å². The van der Waals surface area contributed by atoms with Crippen molar-refractivity contribution in [1.29, 1.82) is 0 Å². The number of benzene rings is 2. The first-order valence-corrected chi connectivity index (χ1v) is 43.2. The number of thiazole rings is 2. The van der Waals surface area contributed by atoms with Gasteiger partial charge in [-0.15, -0.1) is 22.7 Å². The molecule has 5 heterocycles. The van der Waals surface area contributed by atoms with E-state index in [1.165, 1.54) is 42.6 Å². The number of carbonyl (C=O) groups is 8. The summed E-state index contributed by atoms with van der Waals surface area (Å²) in [5.41, 5.74) is 2.52. The number of likely N-dealkylation sites (N-methyl/N-ethyl adjacent to an activating group) is 2. The molecule has 628 valence electrons. The van der Waals surface area contributed by atoms with Crippen molar-refractivity contribution in [2.45, 2.75) is 260 Å². The van der Waals surface area contributed by atoms with Crippen LogP contribution in [0.4, 0.5) is 0 Å². The molecule has 3 N–H and O–H groups in total. The van der Waals surface area contributed by atoms with Crippen LogP contribution < -0.4 is 10.6 Å². The van der Waals surface area contributed by atoms with Crippen molar-refractivity contribution in [1.82, 2.24) is 40.2 Å². The number of carbonyl (C=O) groups excluding carboxylic acids is 7. The van der Waals surface area contributed by atoms with Gasteiger partial charge >= 0.3 is 11.9 Å². The summed E-state index contributed by atoms with van der Waals surface area (Å²) in [5.74, 6) is -3.28. The number of nitrogens with one attached hydrogen (secondary N) is 2. The number of Topliss-reactive ketones (excluding diaryl/α,β-unsaturated/α-hetero) is 2. The number of rotatable bonds is 46. The highest BCUT2D eigenvalue weighted by Crippen LogP contribution is 2.37. The van der Waals surface area contributed by atoms with Gasteiger partial charge in [0.25, 0.3) is 11.8 Å². The number of carboxylic acids is 1. The number of hydrogen-bond acceptors (Lipinski definition) is 20. The Bertz CT molecular complexity index is 3400. The lowest BCUT2D eigenvalue weighted by Crippen LogP contribution is -2.50. The highest BCUT2D eigenvalue weighted by Gasteiger charge is 2.41. The molecule has 0 saturated carbocycles. The van der Waals surface area contributed by atoms with Crippen LogP contribution >= 0.6 is 22.7 Å². The minimum absolute atomic E-state index is 0.00342. The third-order valence-corrected chi connectivity index (χ3v) is 24.3. The molecule has 3 fully saturated rings. The van der Waals surface area contributed by atoms with Crippen LogP contribution in [0.3, 0.4) is 0 Å². The molecule has 0 aliphatic carbocycles. The summed E-state index contributed by atoms with van der Waals surface area (Å²) in [6.07, 6.45) is 13.6. The van der Waals surface area contributed by atoms with Gasteiger partial charge in [-0.3, -0.25) is 48.2 Å². The van der Waals surface area contributed by atoms with Crippen molar-refractivity contribution in [3.63, 3.8) is 0 Å². The minimum atomic E-state index is -0.916. The normalized spacial score (nSPS) is 18.6. The van der Waals surface area contributed by atoms with Crippen LogP contribution in [0.2, 0.25) is 0 Å². The summed E-state index contributed by atoms with van der Waals surface area (Å²) in [6, 6.07) is 18.0. The van der Waals surface area contributed by atoms with Crippen LogP contribution in [0.5, 0.6) is 0 Å². The molecule has 4 aromatic rings. The fourth-order valence-corrected chi connectivity index (χ4v) is 17.1. The van der Waals surface area contributed by atoms with Crippen LogP contribution in [0.1, 0.15) is 253 Å². The molecule has 4 amide bonds. The van der Waals surface area contributed by atoms with E-state index >= 15 is 0 Å². The third-order valence-electron chi connectivity index (χ3n) is 22.5. The third kappa shape index (κ3) is 31.3. The van der Waals surface area contributed by atoms with E-state index in [0.717, 1.165) is 102 Å². The molecule has 2 aromatic heterocycles. The van der Waals surface area contributed by atoms with Gasteiger partial charge in [-0.2, -0.15) is 0 Å². The molecular formula is C87H138N8O15S2. The zero-order chi connectivity index (χ0) is 82.4. The molecule has 7 rings (SSSR count). The second-order valence-electron chi connectivity index (χ2n) is 31.9. The summed E-state index contributed by atoms with van der Waals surface area (Å²) in [4.78, 5) is 126. The van der Waals surface area contributed by atoms with Crippen LogP contribution in [-0.4, -0.2) is 206 Å². The van der Waals surface area contributed by atoms with Gasteiger partial charge in [0.2, 0.25) is 11.8 Å². The summed E-state index contributed by atoms with van der Waals surface area (Å²) in [5, 5.41) is 20.4. The summed E-state index contributed by atoms with van der Waals surface area (Å²) >= 11 is 2.65. The number of nitrogens with zero attached hydrogens (tertiary/aromatic N) is 6. The first-order chi connectivity index (χ1) is 53.6. The second kappa shape index (κ2) is 51.5. The molecule has 23 nitrogen and oxygen atoms in total. The number of likely N-dealkylation sites (tertiary alicyclic amines) is 2. The van der Waals surface area contributed by atoms with Crippen LogP contribution in [-0.2, 0) is 70.0 Å². The highest BCUT2D eigenvalue weighted by atomic mass is 32.1. The Morgan fingerprint density at radius 2 is 0.946 bits per heavy atom. The quantitative estimate of drug-likeness (QED) is 0.0274. The maximum absolute atomic E-state index is 14.7. The molecule has 2 aromatic carbocycles. The number of piperidine rings is 2. The summed E-state index contributed by atoms with van der Waals surface area (Å²) in [7, 11) is 8.50. The first-order valence-electron chi connectivity index (χ1n) is 41.4. The van der Waals surface area contributed by atoms with Gasteiger partial charge < -0.3 is 54.0 Å². The predicted octanol–water partition coefficient (Wildman–Crippen LogP) is 14.9.